The van der Waals surface area contributed by atoms with Crippen LogP contribution in [0.3, 0.4) is 0 Å². The Kier molecular flexibility index (Phi) is 7.22. The van der Waals surface area contributed by atoms with Gasteiger partial charge in [-0.05, 0) is 20.9 Å². The molecule has 19 heteroatoms. The summed E-state index contributed by atoms with van der Waals surface area (Å²) in [6, 6.07) is 0. The summed E-state index contributed by atoms with van der Waals surface area (Å²) in [4.78, 5) is 1.59. The lowest BCUT2D eigenvalue weighted by atomic mass is 10.1. The zero-order valence-corrected chi connectivity index (χ0v) is 18.1. The van der Waals surface area contributed by atoms with Crippen molar-refractivity contribution < 1.29 is 56.7 Å². The number of alkyl halides is 7. The van der Waals surface area contributed by atoms with Gasteiger partial charge in [0.1, 0.15) is 0 Å². The van der Waals surface area contributed by atoms with Crippen LogP contribution in [0.5, 0.6) is 0 Å². The zero-order valence-electron chi connectivity index (χ0n) is 15.6. The third kappa shape index (κ3) is 4.39. The molecule has 2 unspecified atom stereocenters. The van der Waals surface area contributed by atoms with Gasteiger partial charge in [0.2, 0.25) is 0 Å². The molecule has 0 spiro atoms. The minimum Gasteiger partial charge on any atom is -0.304 e. The number of halogens is 7. The third-order valence-electron chi connectivity index (χ3n) is 4.49. The van der Waals surface area contributed by atoms with E-state index in [2.05, 4.69) is 0 Å². The number of likely N-dealkylation sites (N-methyl/N-ethyl adjacent to an activating group) is 1. The number of sulfonamides is 2. The van der Waals surface area contributed by atoms with Gasteiger partial charge in [-0.1, -0.05) is 14.9 Å². The van der Waals surface area contributed by atoms with Gasteiger partial charge in [-0.2, -0.15) is 22.0 Å². The summed E-state index contributed by atoms with van der Waals surface area (Å²) in [7, 11) is -17.4. The molecule has 1 aliphatic rings. The van der Waals surface area contributed by atoms with E-state index in [0.29, 0.717) is 4.31 Å². The van der Waals surface area contributed by atoms with Crippen LogP contribution in [-0.2, 0) is 20.0 Å². The second kappa shape index (κ2) is 7.85. The minimum atomic E-state index is -6.87. The maximum absolute atomic E-state index is 15.0. The second-order valence-electron chi connectivity index (χ2n) is 6.70. The van der Waals surface area contributed by atoms with E-state index in [1.165, 1.54) is 0 Å². The molecule has 0 aromatic rings. The highest BCUT2D eigenvalue weighted by Gasteiger charge is 2.76. The number of nitrogens with zero attached hydrogens (tertiary/aromatic N) is 2. The fourth-order valence-corrected chi connectivity index (χ4v) is 6.74. The quantitative estimate of drug-likeness (QED) is 0.434. The van der Waals surface area contributed by atoms with E-state index >= 15 is 4.39 Å². The summed E-state index contributed by atoms with van der Waals surface area (Å²) in [6.45, 7) is -1.57. The van der Waals surface area contributed by atoms with Gasteiger partial charge in [-0.25, -0.2) is 29.9 Å². The molecule has 1 fully saturated rings. The van der Waals surface area contributed by atoms with Crippen molar-refractivity contribution in [3.8, 4) is 0 Å². The molecular formula is C11H20F7N3O6S3. The van der Waals surface area contributed by atoms with Crippen molar-refractivity contribution in [3.05, 3.63) is 0 Å². The topological polar surface area (TPSA) is 127 Å². The minimum absolute atomic E-state index is 0.0358. The summed E-state index contributed by atoms with van der Waals surface area (Å²) in [5.41, 5.74) is -6.33. The SMILES string of the molecule is CN1CCN(S(O)(O)C(C)(F)C(F)(F)C(C)(F)S(=O)(=O)NS(=O)(=O)C(F)(F)F)CC1. The van der Waals surface area contributed by atoms with Gasteiger partial charge in [0.05, 0.1) is 0 Å². The van der Waals surface area contributed by atoms with Gasteiger partial charge in [0, 0.05) is 26.2 Å². The first-order valence-corrected chi connectivity index (χ1v) is 12.2. The van der Waals surface area contributed by atoms with Crippen molar-refractivity contribution in [1.29, 1.82) is 0 Å². The van der Waals surface area contributed by atoms with E-state index in [1.807, 2.05) is 0 Å². The molecule has 0 aliphatic carbocycles. The Bertz CT molecular complexity index is 852. The van der Waals surface area contributed by atoms with Gasteiger partial charge < -0.3 is 4.90 Å². The fourth-order valence-electron chi connectivity index (χ4n) is 2.29. The van der Waals surface area contributed by atoms with Gasteiger partial charge >= 0.3 is 21.5 Å². The average Bonchev–Trinajstić information content (AvgIpc) is 2.52. The summed E-state index contributed by atoms with van der Waals surface area (Å²) in [5.74, 6) is -5.94. The number of hydrogen-bond acceptors (Lipinski definition) is 8. The Balaban J connectivity index is 3.41. The van der Waals surface area contributed by atoms with Crippen LogP contribution in [0, 0.1) is 0 Å². The molecule has 2 atom stereocenters. The van der Waals surface area contributed by atoms with E-state index < -0.39 is 72.3 Å². The number of nitrogens with one attached hydrogen (secondary N) is 1. The standard InChI is InChI=1S/C11H20F7N3O6S3/c1-8(12,28(22,23)19-29(24,25)11(16,17)18)10(14,15)9(2,13)30(26,27)21-6-4-20(3)5-7-21/h19,26-27H,4-7H2,1-3H3. The van der Waals surface area contributed by atoms with Crippen molar-refractivity contribution in [2.45, 2.75) is 35.3 Å². The Morgan fingerprint density at radius 3 is 1.53 bits per heavy atom. The van der Waals surface area contributed by atoms with E-state index in [9.17, 15) is 52.3 Å². The molecule has 1 aliphatic heterocycles. The lowest BCUT2D eigenvalue weighted by Gasteiger charge is -2.54. The molecule has 0 aromatic heterocycles. The van der Waals surface area contributed by atoms with Crippen molar-refractivity contribution in [1.82, 2.24) is 13.3 Å². The van der Waals surface area contributed by atoms with E-state index in [1.54, 1.807) is 11.9 Å². The Morgan fingerprint density at radius 2 is 1.17 bits per heavy atom. The molecule has 0 radical (unpaired) electrons. The van der Waals surface area contributed by atoms with Crippen LogP contribution in [0.15, 0.2) is 0 Å². The van der Waals surface area contributed by atoms with E-state index in [-0.39, 0.29) is 24.1 Å². The molecule has 1 rings (SSSR count). The predicted octanol–water partition coefficient (Wildman–Crippen LogP) is 1.68. The summed E-state index contributed by atoms with van der Waals surface area (Å²) < 4.78 is 162. The maximum Gasteiger partial charge on any atom is 0.512 e. The molecule has 0 bridgehead atoms. The molecule has 30 heavy (non-hydrogen) atoms. The molecule has 0 amide bonds. The van der Waals surface area contributed by atoms with Crippen molar-refractivity contribution >= 4 is 30.8 Å². The molecule has 182 valence electrons. The van der Waals surface area contributed by atoms with Crippen LogP contribution in [0.25, 0.3) is 0 Å². The van der Waals surface area contributed by atoms with Gasteiger partial charge in [-0.15, -0.1) is 0 Å². The monoisotopic (exact) mass is 519 g/mol. The first-order valence-electron chi connectivity index (χ1n) is 7.77. The fraction of sp³-hybridized carbons (Fsp3) is 1.00. The Labute approximate surface area is 169 Å². The highest BCUT2D eigenvalue weighted by atomic mass is 32.3. The van der Waals surface area contributed by atoms with Gasteiger partial charge in [0.25, 0.3) is 20.0 Å². The Morgan fingerprint density at radius 1 is 0.767 bits per heavy atom. The highest BCUT2D eigenvalue weighted by molar-refractivity contribution is 8.23. The number of piperazine rings is 1. The van der Waals surface area contributed by atoms with Crippen LogP contribution in [0.1, 0.15) is 13.8 Å². The van der Waals surface area contributed by atoms with Crippen molar-refractivity contribution in [3.63, 3.8) is 0 Å². The zero-order chi connectivity index (χ0) is 24.2. The van der Waals surface area contributed by atoms with Crippen molar-refractivity contribution in [2.75, 3.05) is 33.2 Å². The first-order chi connectivity index (χ1) is 13.0. The summed E-state index contributed by atoms with van der Waals surface area (Å²) in [6.07, 6.45) is 0. The highest BCUT2D eigenvalue weighted by Crippen LogP contribution is 2.65. The number of hydrogen-bond donors (Lipinski definition) is 3. The van der Waals surface area contributed by atoms with Crippen LogP contribution in [-0.4, -0.2) is 89.8 Å². The van der Waals surface area contributed by atoms with Crippen LogP contribution < -0.4 is 4.13 Å². The lowest BCUT2D eigenvalue weighted by molar-refractivity contribution is -0.155. The maximum atomic E-state index is 15.0. The molecule has 1 saturated heterocycles. The largest absolute Gasteiger partial charge is 0.512 e. The summed E-state index contributed by atoms with van der Waals surface area (Å²) in [5, 5.41) is -10.1. The third-order valence-corrected chi connectivity index (χ3v) is 10.5. The first kappa shape index (κ1) is 27.6. The van der Waals surface area contributed by atoms with Gasteiger partial charge in [-0.3, -0.25) is 9.11 Å². The summed E-state index contributed by atoms with van der Waals surface area (Å²) >= 11 is 0. The molecule has 9 nitrogen and oxygen atoms in total. The molecule has 3 N–H and O–H groups in total. The van der Waals surface area contributed by atoms with Crippen LogP contribution >= 0.6 is 10.8 Å². The normalized spacial score (nSPS) is 23.6. The van der Waals surface area contributed by atoms with E-state index in [0.717, 1.165) is 0 Å². The molecular weight excluding hydrogens is 499 g/mol. The molecule has 0 saturated carbocycles. The van der Waals surface area contributed by atoms with Gasteiger partial charge in [0.15, 0.2) is 0 Å². The predicted molar refractivity (Wildman–Crippen MR) is 92.9 cm³/mol. The average molecular weight is 519 g/mol. The lowest BCUT2D eigenvalue weighted by Crippen LogP contribution is -2.65. The number of rotatable bonds is 7. The smallest absolute Gasteiger partial charge is 0.304 e. The van der Waals surface area contributed by atoms with Crippen molar-refractivity contribution in [2.24, 2.45) is 0 Å². The van der Waals surface area contributed by atoms with Crippen LogP contribution in [0.4, 0.5) is 30.7 Å². The molecule has 0 aromatic carbocycles. The van der Waals surface area contributed by atoms with E-state index in [4.69, 9.17) is 0 Å². The molecule has 1 heterocycles. The Hall–Kier alpha value is -0.440. The van der Waals surface area contributed by atoms with Crippen LogP contribution in [0.2, 0.25) is 0 Å². The second-order valence-corrected chi connectivity index (χ2v) is 12.9.